The number of anilines is 1. The van der Waals surface area contributed by atoms with E-state index in [1.165, 1.54) is 0 Å². The van der Waals surface area contributed by atoms with Crippen LogP contribution in [0.4, 0.5) is 19.1 Å². The van der Waals surface area contributed by atoms with E-state index in [0.717, 1.165) is 25.2 Å². The van der Waals surface area contributed by atoms with Crippen molar-refractivity contribution in [3.63, 3.8) is 0 Å². The summed E-state index contributed by atoms with van der Waals surface area (Å²) in [4.78, 5) is 11.5. The summed E-state index contributed by atoms with van der Waals surface area (Å²) < 4.78 is 37.5. The molecular formula is C13H21F3N6. The van der Waals surface area contributed by atoms with Crippen molar-refractivity contribution in [3.8, 4) is 0 Å². The number of nitrogens with one attached hydrogen (secondary N) is 3. The van der Waals surface area contributed by atoms with Crippen molar-refractivity contribution in [2.75, 3.05) is 31.5 Å². The molecule has 1 rings (SSSR count). The van der Waals surface area contributed by atoms with Crippen molar-refractivity contribution in [1.82, 2.24) is 20.6 Å². The van der Waals surface area contributed by atoms with E-state index in [-0.39, 0.29) is 5.95 Å². The van der Waals surface area contributed by atoms with E-state index in [2.05, 4.69) is 30.9 Å². The molecule has 3 N–H and O–H groups in total. The summed E-state index contributed by atoms with van der Waals surface area (Å²) in [7, 11) is 0. The lowest BCUT2D eigenvalue weighted by molar-refractivity contribution is -0.141. The molecule has 0 aliphatic carbocycles. The normalized spacial score (nSPS) is 12.1. The fourth-order valence-electron chi connectivity index (χ4n) is 1.52. The zero-order valence-corrected chi connectivity index (χ0v) is 12.7. The van der Waals surface area contributed by atoms with Crippen molar-refractivity contribution in [2.45, 2.75) is 26.4 Å². The van der Waals surface area contributed by atoms with Crippen molar-refractivity contribution < 1.29 is 13.2 Å². The minimum atomic E-state index is -4.47. The molecule has 0 bridgehead atoms. The summed E-state index contributed by atoms with van der Waals surface area (Å²) in [6.07, 6.45) is -2.45. The van der Waals surface area contributed by atoms with E-state index in [4.69, 9.17) is 0 Å². The van der Waals surface area contributed by atoms with Crippen LogP contribution in [0.1, 0.15) is 26.0 Å². The third-order valence-electron chi connectivity index (χ3n) is 2.48. The van der Waals surface area contributed by atoms with Gasteiger partial charge in [-0.1, -0.05) is 6.92 Å². The number of hydrogen-bond acceptors (Lipinski definition) is 4. The number of nitrogens with zero attached hydrogens (tertiary/aromatic N) is 3. The molecule has 0 amide bonds. The predicted molar refractivity (Wildman–Crippen MR) is 79.8 cm³/mol. The molecule has 124 valence electrons. The van der Waals surface area contributed by atoms with Gasteiger partial charge in [0.05, 0.1) is 0 Å². The Morgan fingerprint density at radius 2 is 2.00 bits per heavy atom. The molecule has 9 heteroatoms. The highest BCUT2D eigenvalue weighted by molar-refractivity contribution is 5.79. The molecule has 0 fully saturated rings. The highest BCUT2D eigenvalue weighted by atomic mass is 19.4. The molecule has 0 aliphatic heterocycles. The second-order valence-corrected chi connectivity index (χ2v) is 4.38. The third kappa shape index (κ3) is 6.59. The number of rotatable bonds is 7. The molecule has 0 aromatic carbocycles. The number of guanidine groups is 1. The minimum absolute atomic E-state index is 0.0490. The Morgan fingerprint density at radius 3 is 2.64 bits per heavy atom. The number of aromatic nitrogens is 2. The summed E-state index contributed by atoms with van der Waals surface area (Å²) in [6.45, 7) is 6.28. The first-order valence-electron chi connectivity index (χ1n) is 7.13. The average molecular weight is 318 g/mol. The van der Waals surface area contributed by atoms with Gasteiger partial charge >= 0.3 is 6.18 Å². The monoisotopic (exact) mass is 318 g/mol. The highest BCUT2D eigenvalue weighted by Crippen LogP contribution is 2.27. The first-order valence-corrected chi connectivity index (χ1v) is 7.13. The van der Waals surface area contributed by atoms with Gasteiger partial charge in [0.25, 0.3) is 0 Å². The standard InChI is InChI=1S/C13H21F3N6/c1-3-6-18-11(17-4-2)20-8-9-21-12-19-7-5-10(22-12)13(14,15)16/h5,7H,3-4,6,8-9H2,1-2H3,(H2,17,18,20)(H,19,21,22). The van der Waals surface area contributed by atoms with E-state index in [9.17, 15) is 13.2 Å². The number of halogens is 3. The third-order valence-corrected chi connectivity index (χ3v) is 2.48. The maximum absolute atomic E-state index is 12.5. The van der Waals surface area contributed by atoms with Gasteiger partial charge in [-0.05, 0) is 19.4 Å². The highest BCUT2D eigenvalue weighted by Gasteiger charge is 2.32. The fourth-order valence-corrected chi connectivity index (χ4v) is 1.52. The maximum atomic E-state index is 12.5. The topological polar surface area (TPSA) is 74.2 Å². The van der Waals surface area contributed by atoms with Crippen molar-refractivity contribution in [2.24, 2.45) is 4.99 Å². The summed E-state index contributed by atoms with van der Waals surface area (Å²) in [6, 6.07) is 0.837. The first-order chi connectivity index (χ1) is 10.5. The quantitative estimate of drug-likeness (QED) is 0.407. The molecule has 0 aliphatic rings. The molecule has 0 spiro atoms. The van der Waals surface area contributed by atoms with Gasteiger partial charge in [-0.15, -0.1) is 0 Å². The molecule has 1 heterocycles. The van der Waals surface area contributed by atoms with Crippen molar-refractivity contribution in [1.29, 1.82) is 0 Å². The van der Waals surface area contributed by atoms with Crippen LogP contribution in [0.25, 0.3) is 0 Å². The van der Waals surface area contributed by atoms with Gasteiger partial charge in [0, 0.05) is 32.4 Å². The van der Waals surface area contributed by atoms with E-state index < -0.39 is 11.9 Å². The van der Waals surface area contributed by atoms with Gasteiger partial charge in [-0.25, -0.2) is 9.97 Å². The molecule has 0 unspecified atom stereocenters. The van der Waals surface area contributed by atoms with Crippen molar-refractivity contribution in [3.05, 3.63) is 18.0 Å². The van der Waals surface area contributed by atoms with E-state index in [1.54, 1.807) is 0 Å². The summed E-state index contributed by atoms with van der Waals surface area (Å²) in [5.74, 6) is 0.628. The first kappa shape index (κ1) is 18.0. The summed E-state index contributed by atoms with van der Waals surface area (Å²) in [5, 5.41) is 8.89. The Hall–Kier alpha value is -2.06. The van der Waals surface area contributed by atoms with Gasteiger partial charge < -0.3 is 16.0 Å². The Bertz CT molecular complexity index is 475. The minimum Gasteiger partial charge on any atom is -0.357 e. The Kier molecular flexibility index (Phi) is 7.41. The Morgan fingerprint density at radius 1 is 1.23 bits per heavy atom. The molecule has 6 nitrogen and oxygen atoms in total. The molecule has 1 aromatic heterocycles. The second-order valence-electron chi connectivity index (χ2n) is 4.38. The smallest absolute Gasteiger partial charge is 0.357 e. The molecule has 0 atom stereocenters. The molecule has 1 aromatic rings. The Labute approximate surface area is 127 Å². The molecule has 0 radical (unpaired) electrons. The number of aliphatic imine (C=N–C) groups is 1. The fraction of sp³-hybridized carbons (Fsp3) is 0.615. The Balaban J connectivity index is 2.44. The average Bonchev–Trinajstić information content (AvgIpc) is 2.48. The van der Waals surface area contributed by atoms with Crippen LogP contribution in [0, 0.1) is 0 Å². The van der Waals surface area contributed by atoms with Gasteiger partial charge in [-0.2, -0.15) is 13.2 Å². The second kappa shape index (κ2) is 9.06. The summed E-state index contributed by atoms with van der Waals surface area (Å²) in [5.41, 5.74) is -0.962. The lowest BCUT2D eigenvalue weighted by Crippen LogP contribution is -2.39. The van der Waals surface area contributed by atoms with Crippen LogP contribution >= 0.6 is 0 Å². The predicted octanol–water partition coefficient (Wildman–Crippen LogP) is 1.87. The molecule has 0 saturated heterocycles. The zero-order valence-electron chi connectivity index (χ0n) is 12.7. The lowest BCUT2D eigenvalue weighted by Gasteiger charge is -2.12. The molecule has 22 heavy (non-hydrogen) atoms. The van der Waals surface area contributed by atoms with Crippen LogP contribution in [0.5, 0.6) is 0 Å². The lowest BCUT2D eigenvalue weighted by atomic mass is 10.4. The van der Waals surface area contributed by atoms with Crippen LogP contribution in [-0.4, -0.2) is 42.1 Å². The van der Waals surface area contributed by atoms with E-state index in [1.807, 2.05) is 13.8 Å². The number of hydrogen-bond donors (Lipinski definition) is 3. The van der Waals surface area contributed by atoms with E-state index in [0.29, 0.717) is 25.6 Å². The van der Waals surface area contributed by atoms with Gasteiger partial charge in [0.1, 0.15) is 5.69 Å². The maximum Gasteiger partial charge on any atom is 0.433 e. The summed E-state index contributed by atoms with van der Waals surface area (Å²) >= 11 is 0. The zero-order chi connectivity index (χ0) is 16.4. The van der Waals surface area contributed by atoms with Crippen LogP contribution in [0.15, 0.2) is 17.3 Å². The van der Waals surface area contributed by atoms with Gasteiger partial charge in [0.15, 0.2) is 5.96 Å². The van der Waals surface area contributed by atoms with Gasteiger partial charge in [-0.3, -0.25) is 4.99 Å². The largest absolute Gasteiger partial charge is 0.433 e. The van der Waals surface area contributed by atoms with Crippen molar-refractivity contribution >= 4 is 11.9 Å². The van der Waals surface area contributed by atoms with Gasteiger partial charge in [0.2, 0.25) is 5.95 Å². The van der Waals surface area contributed by atoms with Crippen LogP contribution in [0.2, 0.25) is 0 Å². The molecular weight excluding hydrogens is 297 g/mol. The van der Waals surface area contributed by atoms with Crippen LogP contribution in [0.3, 0.4) is 0 Å². The molecule has 0 saturated carbocycles. The van der Waals surface area contributed by atoms with E-state index >= 15 is 0 Å². The number of alkyl halides is 3. The van der Waals surface area contributed by atoms with Crippen LogP contribution < -0.4 is 16.0 Å². The SMILES string of the molecule is CCCN=C(NCC)NCCNc1nccc(C(F)(F)F)n1. The van der Waals surface area contributed by atoms with Crippen LogP contribution in [-0.2, 0) is 6.18 Å².